The zero-order valence-corrected chi connectivity index (χ0v) is 14.4. The van der Waals surface area contributed by atoms with E-state index in [4.69, 9.17) is 9.40 Å². The van der Waals surface area contributed by atoms with Crippen LogP contribution >= 0.6 is 0 Å². The van der Waals surface area contributed by atoms with Gasteiger partial charge in [-0.1, -0.05) is 35.9 Å². The third-order valence-electron chi connectivity index (χ3n) is 4.46. The van der Waals surface area contributed by atoms with Gasteiger partial charge >= 0.3 is 0 Å². The lowest BCUT2D eigenvalue weighted by atomic mass is 10.1. The molecule has 0 N–H and O–H groups in total. The lowest BCUT2D eigenvalue weighted by Gasteiger charge is -2.11. The van der Waals surface area contributed by atoms with E-state index in [9.17, 15) is 0 Å². The van der Waals surface area contributed by atoms with Crippen molar-refractivity contribution in [3.63, 3.8) is 0 Å². The van der Waals surface area contributed by atoms with Crippen molar-refractivity contribution >= 4 is 23.2 Å². The summed E-state index contributed by atoms with van der Waals surface area (Å²) in [5, 5.41) is 0. The third kappa shape index (κ3) is 3.13. The number of aromatic nitrogens is 2. The van der Waals surface area contributed by atoms with Crippen molar-refractivity contribution in [3.05, 3.63) is 89.1 Å². The second-order valence-corrected chi connectivity index (χ2v) is 6.32. The Morgan fingerprint density at radius 3 is 2.72 bits per heavy atom. The zero-order valence-electron chi connectivity index (χ0n) is 14.4. The maximum Gasteiger partial charge on any atom is 0.134 e. The maximum atomic E-state index is 5.40. The van der Waals surface area contributed by atoms with E-state index in [1.54, 1.807) is 6.26 Å². The molecule has 0 spiro atoms. The smallest absolute Gasteiger partial charge is 0.134 e. The average molecular weight is 328 g/mol. The fourth-order valence-electron chi connectivity index (χ4n) is 3.07. The summed E-state index contributed by atoms with van der Waals surface area (Å²) in [5.41, 5.74) is 6.03. The number of benzene rings is 2. The molecule has 2 aromatic heterocycles. The largest absolute Gasteiger partial charge is 0.465 e. The number of imidazole rings is 1. The number of aryl methyl sites for hydroxylation is 2. The van der Waals surface area contributed by atoms with Crippen molar-refractivity contribution in [1.29, 1.82) is 0 Å². The van der Waals surface area contributed by atoms with Crippen molar-refractivity contribution in [2.75, 3.05) is 0 Å². The summed E-state index contributed by atoms with van der Waals surface area (Å²) in [6.45, 7) is 5.09. The number of rotatable bonds is 4. The molecule has 124 valence electrons. The van der Waals surface area contributed by atoms with Crippen LogP contribution in [0.5, 0.6) is 0 Å². The van der Waals surface area contributed by atoms with E-state index < -0.39 is 0 Å². The summed E-state index contributed by atoms with van der Waals surface area (Å²) < 4.78 is 7.66. The van der Waals surface area contributed by atoms with Gasteiger partial charge in [0.2, 0.25) is 0 Å². The summed E-state index contributed by atoms with van der Waals surface area (Å²) in [6.07, 6.45) is 5.66. The molecular formula is C22H20N2O. The van der Waals surface area contributed by atoms with E-state index in [2.05, 4.69) is 54.8 Å². The Balaban J connectivity index is 1.80. The number of hydrogen-bond donors (Lipinski definition) is 0. The number of nitrogens with zero attached hydrogens (tertiary/aromatic N) is 2. The molecule has 0 saturated heterocycles. The molecular weight excluding hydrogens is 308 g/mol. The molecule has 25 heavy (non-hydrogen) atoms. The van der Waals surface area contributed by atoms with Gasteiger partial charge in [-0.15, -0.1) is 0 Å². The highest BCUT2D eigenvalue weighted by Crippen LogP contribution is 2.21. The molecule has 0 atom stereocenters. The summed E-state index contributed by atoms with van der Waals surface area (Å²) in [5.74, 6) is 1.75. The van der Waals surface area contributed by atoms with Gasteiger partial charge < -0.3 is 8.98 Å². The topological polar surface area (TPSA) is 31.0 Å². The van der Waals surface area contributed by atoms with Gasteiger partial charge in [0.15, 0.2) is 0 Å². The van der Waals surface area contributed by atoms with Gasteiger partial charge in [-0.2, -0.15) is 0 Å². The number of furan rings is 1. The first-order valence-corrected chi connectivity index (χ1v) is 8.44. The third-order valence-corrected chi connectivity index (χ3v) is 4.46. The molecule has 0 aliphatic rings. The molecule has 0 amide bonds. The van der Waals surface area contributed by atoms with Crippen molar-refractivity contribution in [2.24, 2.45) is 0 Å². The van der Waals surface area contributed by atoms with E-state index in [0.717, 1.165) is 29.2 Å². The Bertz CT molecular complexity index is 1040. The first-order valence-electron chi connectivity index (χ1n) is 8.44. The zero-order chi connectivity index (χ0) is 17.2. The van der Waals surface area contributed by atoms with Crippen LogP contribution in [-0.2, 0) is 6.54 Å². The number of fused-ring (bicyclic) bond motifs is 1. The van der Waals surface area contributed by atoms with E-state index in [1.165, 1.54) is 16.7 Å². The molecule has 0 aliphatic carbocycles. The summed E-state index contributed by atoms with van der Waals surface area (Å²) in [4.78, 5) is 4.79. The average Bonchev–Trinajstić information content (AvgIpc) is 3.24. The first-order chi connectivity index (χ1) is 12.2. The Labute approximate surface area is 147 Å². The molecule has 4 rings (SSSR count). The second-order valence-electron chi connectivity index (χ2n) is 6.32. The van der Waals surface area contributed by atoms with Crippen LogP contribution in [0.25, 0.3) is 23.2 Å². The van der Waals surface area contributed by atoms with Crippen LogP contribution in [0.3, 0.4) is 0 Å². The Morgan fingerprint density at radius 2 is 1.88 bits per heavy atom. The lowest BCUT2D eigenvalue weighted by molar-refractivity contribution is 0.557. The molecule has 3 nitrogen and oxygen atoms in total. The highest BCUT2D eigenvalue weighted by molar-refractivity contribution is 5.79. The van der Waals surface area contributed by atoms with Crippen LogP contribution in [0.15, 0.2) is 65.3 Å². The highest BCUT2D eigenvalue weighted by Gasteiger charge is 2.10. The Hall–Kier alpha value is -3.07. The van der Waals surface area contributed by atoms with Crippen LogP contribution in [0, 0.1) is 13.8 Å². The van der Waals surface area contributed by atoms with Gasteiger partial charge in [0.05, 0.1) is 17.3 Å². The predicted octanol–water partition coefficient (Wildman–Crippen LogP) is 5.46. The number of hydrogen-bond acceptors (Lipinski definition) is 2. The fourth-order valence-corrected chi connectivity index (χ4v) is 3.07. The summed E-state index contributed by atoms with van der Waals surface area (Å²) in [6, 6.07) is 18.7. The molecule has 4 aromatic rings. The molecule has 0 aliphatic heterocycles. The minimum atomic E-state index is 0.797. The fraction of sp³-hybridized carbons (Fsp3) is 0.136. The van der Waals surface area contributed by atoms with E-state index in [-0.39, 0.29) is 0 Å². The van der Waals surface area contributed by atoms with Crippen LogP contribution in [-0.4, -0.2) is 9.55 Å². The SMILES string of the molecule is Cc1ccc(C)c(Cn2c(/C=C/c3ccco3)nc3ccccc32)c1. The molecule has 0 fully saturated rings. The number of para-hydroxylation sites is 2. The van der Waals surface area contributed by atoms with Crippen molar-refractivity contribution in [3.8, 4) is 0 Å². The van der Waals surface area contributed by atoms with E-state index in [0.29, 0.717) is 0 Å². The highest BCUT2D eigenvalue weighted by atomic mass is 16.3. The van der Waals surface area contributed by atoms with Gasteiger partial charge in [-0.3, -0.25) is 0 Å². The van der Waals surface area contributed by atoms with Gasteiger partial charge in [0.1, 0.15) is 11.6 Å². The van der Waals surface area contributed by atoms with Gasteiger partial charge in [0.25, 0.3) is 0 Å². The predicted molar refractivity (Wildman–Crippen MR) is 102 cm³/mol. The van der Waals surface area contributed by atoms with Crippen LogP contribution < -0.4 is 0 Å². The molecule has 0 radical (unpaired) electrons. The molecule has 3 heteroatoms. The molecule has 2 aromatic carbocycles. The molecule has 0 saturated carbocycles. The normalized spacial score (nSPS) is 11.6. The lowest BCUT2D eigenvalue weighted by Crippen LogP contribution is -2.04. The van der Waals surface area contributed by atoms with Gasteiger partial charge in [-0.05, 0) is 61.4 Å². The maximum absolute atomic E-state index is 5.40. The Kier molecular flexibility index (Phi) is 3.98. The summed E-state index contributed by atoms with van der Waals surface area (Å²) >= 11 is 0. The van der Waals surface area contributed by atoms with E-state index >= 15 is 0 Å². The van der Waals surface area contributed by atoms with Crippen LogP contribution in [0.4, 0.5) is 0 Å². The molecule has 2 heterocycles. The van der Waals surface area contributed by atoms with Crippen molar-refractivity contribution in [2.45, 2.75) is 20.4 Å². The van der Waals surface area contributed by atoms with Crippen molar-refractivity contribution < 1.29 is 4.42 Å². The van der Waals surface area contributed by atoms with Crippen LogP contribution in [0.1, 0.15) is 28.3 Å². The van der Waals surface area contributed by atoms with Gasteiger partial charge in [-0.25, -0.2) is 4.98 Å². The van der Waals surface area contributed by atoms with Crippen LogP contribution in [0.2, 0.25) is 0 Å². The standard InChI is InChI=1S/C22H20N2O/c1-16-9-10-17(2)18(14-16)15-24-21-8-4-3-7-20(21)23-22(24)12-11-19-6-5-13-25-19/h3-14H,15H2,1-2H3/b12-11+. The van der Waals surface area contributed by atoms with Crippen molar-refractivity contribution in [1.82, 2.24) is 9.55 Å². The summed E-state index contributed by atoms with van der Waals surface area (Å²) in [7, 11) is 0. The first kappa shape index (κ1) is 15.5. The van der Waals surface area contributed by atoms with Gasteiger partial charge in [0, 0.05) is 6.54 Å². The Morgan fingerprint density at radius 1 is 1.00 bits per heavy atom. The van der Waals surface area contributed by atoms with E-state index in [1.807, 2.05) is 30.4 Å². The minimum Gasteiger partial charge on any atom is -0.465 e. The minimum absolute atomic E-state index is 0.797. The molecule has 0 unspecified atom stereocenters. The monoisotopic (exact) mass is 328 g/mol. The quantitative estimate of drug-likeness (QED) is 0.498. The molecule has 0 bridgehead atoms. The second kappa shape index (κ2) is 6.44.